The Morgan fingerprint density at radius 2 is 2.12 bits per heavy atom. The highest BCUT2D eigenvalue weighted by atomic mass is 32.2. The van der Waals surface area contributed by atoms with Gasteiger partial charge in [0, 0.05) is 19.0 Å². The standard InChI is InChI=1S/C17H22N4O4S/c1-2-21(14-8-9-26(23,24)12-14)17(22)18-11-16-19-15(20-25-16)10-13-6-4-3-5-7-13/h3-7,14H,2,8-12H2,1H3,(H,18,22)/t14-/m1/s1. The first-order chi connectivity index (χ1) is 12.5. The molecule has 0 saturated carbocycles. The second kappa shape index (κ2) is 7.86. The van der Waals surface area contributed by atoms with E-state index in [4.69, 9.17) is 4.52 Å². The van der Waals surface area contributed by atoms with E-state index in [1.807, 2.05) is 37.3 Å². The van der Waals surface area contributed by atoms with Gasteiger partial charge in [0.25, 0.3) is 0 Å². The van der Waals surface area contributed by atoms with Crippen LogP contribution in [-0.4, -0.2) is 53.6 Å². The monoisotopic (exact) mass is 378 g/mol. The third-order valence-electron chi connectivity index (χ3n) is 4.36. The van der Waals surface area contributed by atoms with Crippen molar-refractivity contribution in [3.63, 3.8) is 0 Å². The first kappa shape index (κ1) is 18.4. The number of aromatic nitrogens is 2. The van der Waals surface area contributed by atoms with E-state index < -0.39 is 9.84 Å². The van der Waals surface area contributed by atoms with Crippen LogP contribution in [0.4, 0.5) is 4.79 Å². The highest BCUT2D eigenvalue weighted by Crippen LogP contribution is 2.17. The number of hydrogen-bond acceptors (Lipinski definition) is 6. The van der Waals surface area contributed by atoms with Gasteiger partial charge in [0.2, 0.25) is 5.89 Å². The van der Waals surface area contributed by atoms with Crippen LogP contribution < -0.4 is 5.32 Å². The quantitative estimate of drug-likeness (QED) is 0.814. The zero-order valence-corrected chi connectivity index (χ0v) is 15.4. The first-order valence-electron chi connectivity index (χ1n) is 8.57. The van der Waals surface area contributed by atoms with Gasteiger partial charge in [-0.1, -0.05) is 35.5 Å². The van der Waals surface area contributed by atoms with E-state index in [1.165, 1.54) is 0 Å². The summed E-state index contributed by atoms with van der Waals surface area (Å²) in [6.45, 7) is 2.38. The van der Waals surface area contributed by atoms with Crippen molar-refractivity contribution in [2.75, 3.05) is 18.1 Å². The Morgan fingerprint density at radius 1 is 1.35 bits per heavy atom. The Morgan fingerprint density at radius 3 is 2.77 bits per heavy atom. The van der Waals surface area contributed by atoms with Gasteiger partial charge in [-0.25, -0.2) is 13.2 Å². The van der Waals surface area contributed by atoms with Gasteiger partial charge in [0.05, 0.1) is 18.1 Å². The average Bonchev–Trinajstić information content (AvgIpc) is 3.21. The van der Waals surface area contributed by atoms with Crippen molar-refractivity contribution in [1.82, 2.24) is 20.4 Å². The fraction of sp³-hybridized carbons (Fsp3) is 0.471. The van der Waals surface area contributed by atoms with Gasteiger partial charge in [-0.05, 0) is 18.9 Å². The van der Waals surface area contributed by atoms with Crippen LogP contribution in [0, 0.1) is 0 Å². The molecular formula is C17H22N4O4S. The molecule has 0 aliphatic carbocycles. The van der Waals surface area contributed by atoms with Crippen LogP contribution in [0.15, 0.2) is 34.9 Å². The number of benzene rings is 1. The maximum absolute atomic E-state index is 12.4. The number of amides is 2. The van der Waals surface area contributed by atoms with E-state index in [0.29, 0.717) is 31.1 Å². The fourth-order valence-electron chi connectivity index (χ4n) is 3.05. The Bertz CT molecular complexity index is 851. The van der Waals surface area contributed by atoms with Crippen LogP contribution in [0.2, 0.25) is 0 Å². The second-order valence-corrected chi connectivity index (χ2v) is 8.50. The molecule has 1 fully saturated rings. The van der Waals surface area contributed by atoms with Crippen molar-refractivity contribution >= 4 is 15.9 Å². The smallest absolute Gasteiger partial charge is 0.318 e. The Kier molecular flexibility index (Phi) is 5.55. The summed E-state index contributed by atoms with van der Waals surface area (Å²) in [4.78, 5) is 18.2. The van der Waals surface area contributed by atoms with Crippen LogP contribution in [0.1, 0.15) is 30.6 Å². The lowest BCUT2D eigenvalue weighted by molar-refractivity contribution is 0.182. The maximum atomic E-state index is 12.4. The van der Waals surface area contributed by atoms with Crippen molar-refractivity contribution in [2.45, 2.75) is 32.4 Å². The number of nitrogens with zero attached hydrogens (tertiary/aromatic N) is 3. The lowest BCUT2D eigenvalue weighted by atomic mass is 10.1. The number of carbonyl (C=O) groups excluding carboxylic acids is 1. The molecule has 1 N–H and O–H groups in total. The fourth-order valence-corrected chi connectivity index (χ4v) is 4.78. The first-order valence-corrected chi connectivity index (χ1v) is 10.4. The zero-order valence-electron chi connectivity index (χ0n) is 14.6. The lowest BCUT2D eigenvalue weighted by Crippen LogP contribution is -2.46. The highest BCUT2D eigenvalue weighted by molar-refractivity contribution is 7.91. The summed E-state index contributed by atoms with van der Waals surface area (Å²) in [5, 5.41) is 6.65. The Hall–Kier alpha value is -2.42. The van der Waals surface area contributed by atoms with Gasteiger partial charge in [-0.2, -0.15) is 4.98 Å². The summed E-state index contributed by atoms with van der Waals surface area (Å²) in [5.74, 6) is 1.03. The molecule has 140 valence electrons. The van der Waals surface area contributed by atoms with Crippen LogP contribution in [-0.2, 0) is 22.8 Å². The third-order valence-corrected chi connectivity index (χ3v) is 6.11. The SMILES string of the molecule is CCN(C(=O)NCc1nc(Cc2ccccc2)no1)[C@@H]1CCS(=O)(=O)C1. The molecular weight excluding hydrogens is 356 g/mol. The molecule has 2 amide bonds. The molecule has 1 aliphatic heterocycles. The normalized spacial score (nSPS) is 18.6. The molecule has 0 unspecified atom stereocenters. The Labute approximate surface area is 152 Å². The molecule has 0 spiro atoms. The van der Waals surface area contributed by atoms with Gasteiger partial charge in [-0.15, -0.1) is 0 Å². The number of rotatable bonds is 6. The second-order valence-electron chi connectivity index (χ2n) is 6.27. The van der Waals surface area contributed by atoms with Crippen molar-refractivity contribution in [3.05, 3.63) is 47.6 Å². The van der Waals surface area contributed by atoms with Crippen molar-refractivity contribution in [3.8, 4) is 0 Å². The highest BCUT2D eigenvalue weighted by Gasteiger charge is 2.33. The van der Waals surface area contributed by atoms with E-state index in [2.05, 4.69) is 15.5 Å². The molecule has 8 nitrogen and oxygen atoms in total. The van der Waals surface area contributed by atoms with Crippen LogP contribution in [0.25, 0.3) is 0 Å². The molecule has 26 heavy (non-hydrogen) atoms. The molecule has 2 aromatic rings. The minimum atomic E-state index is -3.04. The van der Waals surface area contributed by atoms with Crippen LogP contribution >= 0.6 is 0 Å². The van der Waals surface area contributed by atoms with Gasteiger partial charge < -0.3 is 14.7 Å². The molecule has 0 radical (unpaired) electrons. The maximum Gasteiger partial charge on any atom is 0.318 e. The molecule has 1 aromatic heterocycles. The summed E-state index contributed by atoms with van der Waals surface area (Å²) in [6.07, 6.45) is 1.03. The molecule has 2 heterocycles. The van der Waals surface area contributed by atoms with E-state index in [-0.39, 0.29) is 30.1 Å². The molecule has 3 rings (SSSR count). The average molecular weight is 378 g/mol. The van der Waals surface area contributed by atoms with Crippen LogP contribution in [0.3, 0.4) is 0 Å². The van der Waals surface area contributed by atoms with Crippen molar-refractivity contribution in [1.29, 1.82) is 0 Å². The van der Waals surface area contributed by atoms with Crippen LogP contribution in [0.5, 0.6) is 0 Å². The number of hydrogen-bond donors (Lipinski definition) is 1. The van der Waals surface area contributed by atoms with Gasteiger partial charge >= 0.3 is 6.03 Å². The van der Waals surface area contributed by atoms with Crippen molar-refractivity contribution in [2.24, 2.45) is 0 Å². The summed E-state index contributed by atoms with van der Waals surface area (Å²) in [6, 6.07) is 9.19. The number of nitrogens with one attached hydrogen (secondary N) is 1. The predicted molar refractivity (Wildman–Crippen MR) is 95.2 cm³/mol. The van der Waals surface area contributed by atoms with Gasteiger partial charge in [0.1, 0.15) is 0 Å². The summed E-state index contributed by atoms with van der Waals surface area (Å²) >= 11 is 0. The minimum absolute atomic E-state index is 0.0239. The molecule has 1 saturated heterocycles. The number of carbonyl (C=O) groups is 1. The minimum Gasteiger partial charge on any atom is -0.337 e. The summed E-state index contributed by atoms with van der Waals surface area (Å²) in [7, 11) is -3.04. The molecule has 1 aromatic carbocycles. The summed E-state index contributed by atoms with van der Waals surface area (Å²) < 4.78 is 28.4. The molecule has 1 atom stereocenters. The van der Waals surface area contributed by atoms with E-state index >= 15 is 0 Å². The van der Waals surface area contributed by atoms with E-state index in [0.717, 1.165) is 5.56 Å². The molecule has 0 bridgehead atoms. The summed E-state index contributed by atoms with van der Waals surface area (Å²) in [5.41, 5.74) is 1.07. The van der Waals surface area contributed by atoms with Crippen molar-refractivity contribution < 1.29 is 17.7 Å². The number of sulfone groups is 1. The van der Waals surface area contributed by atoms with Gasteiger partial charge in [0.15, 0.2) is 15.7 Å². The number of urea groups is 1. The Balaban J connectivity index is 1.54. The predicted octanol–water partition coefficient (Wildman–Crippen LogP) is 1.38. The molecule has 1 aliphatic rings. The van der Waals surface area contributed by atoms with Gasteiger partial charge in [-0.3, -0.25) is 0 Å². The van der Waals surface area contributed by atoms with E-state index in [1.54, 1.807) is 4.90 Å². The lowest BCUT2D eigenvalue weighted by Gasteiger charge is -2.26. The largest absolute Gasteiger partial charge is 0.337 e. The molecule has 9 heteroatoms. The zero-order chi connectivity index (χ0) is 18.6. The van der Waals surface area contributed by atoms with E-state index in [9.17, 15) is 13.2 Å². The third kappa shape index (κ3) is 4.60. The topological polar surface area (TPSA) is 105 Å².